The number of hydrogen-bond acceptors (Lipinski definition) is 3. The predicted molar refractivity (Wildman–Crippen MR) is 80.3 cm³/mol. The summed E-state index contributed by atoms with van der Waals surface area (Å²) < 4.78 is 24.4. The third-order valence-electron chi connectivity index (χ3n) is 4.08. The van der Waals surface area contributed by atoms with E-state index in [9.17, 15) is 13.5 Å². The molecular weight excluding hydrogens is 276 g/mol. The van der Waals surface area contributed by atoms with Gasteiger partial charge in [0.05, 0.1) is 16.1 Å². The molecule has 0 aromatic heterocycles. The van der Waals surface area contributed by atoms with Gasteiger partial charge in [-0.15, -0.1) is 11.5 Å². The highest BCUT2D eigenvalue weighted by molar-refractivity contribution is 7.92. The van der Waals surface area contributed by atoms with Crippen LogP contribution in [-0.2, 0) is 9.84 Å². The SMILES string of the molecule is C[Si](C)(C)C#CCC1(O)CC2CCCC(C1)S2(=O)=O. The highest BCUT2D eigenvalue weighted by Crippen LogP contribution is 2.42. The second-order valence-corrected chi connectivity index (χ2v) is 14.4. The van der Waals surface area contributed by atoms with Crippen LogP contribution in [0.5, 0.6) is 0 Å². The first kappa shape index (κ1) is 15.1. The van der Waals surface area contributed by atoms with E-state index >= 15 is 0 Å². The summed E-state index contributed by atoms with van der Waals surface area (Å²) in [4.78, 5) is 0. The van der Waals surface area contributed by atoms with Gasteiger partial charge < -0.3 is 5.11 Å². The zero-order chi connectivity index (χ0) is 14.3. The first-order chi connectivity index (χ1) is 8.62. The Hall–Kier alpha value is -0.313. The quantitative estimate of drug-likeness (QED) is 0.596. The van der Waals surface area contributed by atoms with E-state index in [-0.39, 0.29) is 10.5 Å². The highest BCUT2D eigenvalue weighted by Gasteiger charge is 2.49. The van der Waals surface area contributed by atoms with Crippen molar-refractivity contribution in [1.82, 2.24) is 0 Å². The van der Waals surface area contributed by atoms with E-state index in [1.165, 1.54) is 0 Å². The minimum absolute atomic E-state index is 0.335. The third kappa shape index (κ3) is 3.42. The van der Waals surface area contributed by atoms with Crippen LogP contribution < -0.4 is 0 Å². The zero-order valence-corrected chi connectivity index (χ0v) is 13.9. The van der Waals surface area contributed by atoms with Gasteiger partial charge >= 0.3 is 0 Å². The van der Waals surface area contributed by atoms with Gasteiger partial charge in [-0.1, -0.05) is 26.1 Å². The molecule has 2 aliphatic rings. The lowest BCUT2D eigenvalue weighted by Gasteiger charge is -2.43. The minimum atomic E-state index is -2.99. The Labute approximate surface area is 117 Å². The van der Waals surface area contributed by atoms with Crippen molar-refractivity contribution < 1.29 is 13.5 Å². The molecule has 2 bridgehead atoms. The largest absolute Gasteiger partial charge is 0.389 e. The summed E-state index contributed by atoms with van der Waals surface area (Å²) in [5, 5.41) is 9.99. The molecule has 2 heterocycles. The number of sulfone groups is 1. The summed E-state index contributed by atoms with van der Waals surface area (Å²) in [7, 11) is -4.41. The second kappa shape index (κ2) is 4.91. The molecular formula is C14H24O3SSi. The maximum absolute atomic E-state index is 12.2. The van der Waals surface area contributed by atoms with Crippen molar-refractivity contribution in [3.8, 4) is 11.5 Å². The molecule has 2 unspecified atom stereocenters. The maximum Gasteiger partial charge on any atom is 0.156 e. The van der Waals surface area contributed by atoms with Crippen LogP contribution in [0.4, 0.5) is 0 Å². The molecule has 2 aliphatic heterocycles. The summed E-state index contributed by atoms with van der Waals surface area (Å²) in [5.74, 6) is 3.12. The molecule has 0 aromatic rings. The lowest BCUT2D eigenvalue weighted by molar-refractivity contribution is 0.0144. The van der Waals surface area contributed by atoms with E-state index in [1.807, 2.05) is 0 Å². The average molecular weight is 300 g/mol. The summed E-state index contributed by atoms with van der Waals surface area (Å²) in [5.41, 5.74) is 2.38. The summed E-state index contributed by atoms with van der Waals surface area (Å²) >= 11 is 0. The van der Waals surface area contributed by atoms with E-state index in [1.54, 1.807) is 0 Å². The molecule has 2 fully saturated rings. The lowest BCUT2D eigenvalue weighted by Crippen LogP contribution is -2.51. The van der Waals surface area contributed by atoms with Crippen molar-refractivity contribution in [1.29, 1.82) is 0 Å². The van der Waals surface area contributed by atoms with Crippen LogP contribution in [0.1, 0.15) is 38.5 Å². The molecule has 2 saturated heterocycles. The molecule has 0 spiro atoms. The van der Waals surface area contributed by atoms with Crippen LogP contribution in [-0.4, -0.2) is 37.7 Å². The Kier molecular flexibility index (Phi) is 3.89. The van der Waals surface area contributed by atoms with Crippen molar-refractivity contribution in [2.75, 3.05) is 0 Å². The molecule has 3 nitrogen and oxygen atoms in total. The molecule has 0 aromatic carbocycles. The number of aliphatic hydroxyl groups is 1. The zero-order valence-electron chi connectivity index (χ0n) is 12.1. The molecule has 0 saturated carbocycles. The van der Waals surface area contributed by atoms with Gasteiger partial charge in [0.15, 0.2) is 9.84 Å². The van der Waals surface area contributed by atoms with Crippen molar-refractivity contribution >= 4 is 17.9 Å². The Balaban J connectivity index is 2.12. The number of hydrogen-bond donors (Lipinski definition) is 1. The standard InChI is InChI=1S/C14H24O3SSi/c1-19(2,3)9-5-8-14(15)10-12-6-4-7-13(11-14)18(12,16)17/h12-13,15H,4,6-8,10-11H2,1-3H3. The van der Waals surface area contributed by atoms with Gasteiger partial charge in [0.25, 0.3) is 0 Å². The third-order valence-corrected chi connectivity index (χ3v) is 7.67. The number of fused-ring (bicyclic) bond motifs is 2. The molecule has 2 atom stereocenters. The Bertz CT molecular complexity index is 487. The fourth-order valence-electron chi connectivity index (χ4n) is 3.16. The Morgan fingerprint density at radius 3 is 2.21 bits per heavy atom. The predicted octanol–water partition coefficient (Wildman–Crippen LogP) is 2.12. The molecule has 5 heteroatoms. The van der Waals surface area contributed by atoms with E-state index in [0.29, 0.717) is 32.1 Å². The van der Waals surface area contributed by atoms with Crippen LogP contribution in [0.3, 0.4) is 0 Å². The molecule has 0 amide bonds. The van der Waals surface area contributed by atoms with Gasteiger partial charge in [0.1, 0.15) is 8.07 Å². The molecule has 0 radical (unpaired) electrons. The first-order valence-corrected chi connectivity index (χ1v) is 12.2. The van der Waals surface area contributed by atoms with Gasteiger partial charge in [-0.3, -0.25) is 0 Å². The Morgan fingerprint density at radius 1 is 1.21 bits per heavy atom. The monoisotopic (exact) mass is 300 g/mol. The first-order valence-electron chi connectivity index (χ1n) is 7.08. The van der Waals surface area contributed by atoms with E-state index < -0.39 is 23.5 Å². The topological polar surface area (TPSA) is 54.4 Å². The fraction of sp³-hybridized carbons (Fsp3) is 0.857. The Morgan fingerprint density at radius 2 is 1.74 bits per heavy atom. The van der Waals surface area contributed by atoms with Crippen LogP contribution in [0.25, 0.3) is 0 Å². The number of rotatable bonds is 1. The van der Waals surface area contributed by atoms with E-state index in [2.05, 4.69) is 31.1 Å². The summed E-state index contributed by atoms with van der Waals surface area (Å²) in [6, 6.07) is 0. The summed E-state index contributed by atoms with van der Waals surface area (Å²) in [6.45, 7) is 6.51. The van der Waals surface area contributed by atoms with Crippen LogP contribution in [0, 0.1) is 11.5 Å². The maximum atomic E-state index is 12.2. The van der Waals surface area contributed by atoms with E-state index in [0.717, 1.165) is 6.42 Å². The van der Waals surface area contributed by atoms with Crippen LogP contribution in [0.2, 0.25) is 19.6 Å². The van der Waals surface area contributed by atoms with Crippen molar-refractivity contribution in [2.45, 2.75) is 74.3 Å². The lowest BCUT2D eigenvalue weighted by atomic mass is 9.83. The van der Waals surface area contributed by atoms with Crippen molar-refractivity contribution in [3.05, 3.63) is 0 Å². The average Bonchev–Trinajstić information content (AvgIpc) is 2.19. The molecule has 108 valence electrons. The second-order valence-electron chi connectivity index (χ2n) is 7.13. The minimum Gasteiger partial charge on any atom is -0.389 e. The van der Waals surface area contributed by atoms with Gasteiger partial charge in [-0.2, -0.15) is 0 Å². The molecule has 19 heavy (non-hydrogen) atoms. The van der Waals surface area contributed by atoms with Crippen molar-refractivity contribution in [3.63, 3.8) is 0 Å². The van der Waals surface area contributed by atoms with Crippen molar-refractivity contribution in [2.24, 2.45) is 0 Å². The van der Waals surface area contributed by atoms with Crippen LogP contribution in [0.15, 0.2) is 0 Å². The van der Waals surface area contributed by atoms with Gasteiger partial charge in [-0.25, -0.2) is 8.42 Å². The summed E-state index contributed by atoms with van der Waals surface area (Å²) in [6.07, 6.45) is 3.59. The normalized spacial score (nSPS) is 37.3. The smallest absolute Gasteiger partial charge is 0.156 e. The van der Waals surface area contributed by atoms with Crippen LogP contribution >= 0.6 is 0 Å². The van der Waals surface area contributed by atoms with Gasteiger partial charge in [0.2, 0.25) is 0 Å². The highest BCUT2D eigenvalue weighted by atomic mass is 32.2. The molecule has 2 rings (SSSR count). The van der Waals surface area contributed by atoms with Gasteiger partial charge in [-0.05, 0) is 25.7 Å². The molecule has 1 N–H and O–H groups in total. The molecule has 0 aliphatic carbocycles. The fourth-order valence-corrected chi connectivity index (χ4v) is 6.40. The van der Waals surface area contributed by atoms with E-state index in [4.69, 9.17) is 0 Å². The van der Waals surface area contributed by atoms with Gasteiger partial charge in [0, 0.05) is 6.42 Å².